The highest BCUT2D eigenvalue weighted by atomic mass is 32.2. The molecular formula is C17H26F3N3O6S. The average Bonchev–Trinajstić information content (AvgIpc) is 3.19. The van der Waals surface area contributed by atoms with Crippen molar-refractivity contribution in [1.29, 1.82) is 0 Å². The number of hydrogen-bond donors (Lipinski definition) is 2. The minimum absolute atomic E-state index is 0.0345. The first-order chi connectivity index (χ1) is 13.8. The van der Waals surface area contributed by atoms with Gasteiger partial charge in [0.1, 0.15) is 5.76 Å². The fourth-order valence-electron chi connectivity index (χ4n) is 3.60. The number of carbonyl (C=O) groups is 1. The molecule has 0 bridgehead atoms. The summed E-state index contributed by atoms with van der Waals surface area (Å²) in [4.78, 5) is 11.2. The fraction of sp³-hybridized carbons (Fsp3) is 0.765. The van der Waals surface area contributed by atoms with E-state index in [1.54, 1.807) is 0 Å². The van der Waals surface area contributed by atoms with Crippen LogP contribution in [0.2, 0.25) is 0 Å². The van der Waals surface area contributed by atoms with Crippen molar-refractivity contribution in [2.24, 2.45) is 0 Å². The number of sulfonamides is 1. The van der Waals surface area contributed by atoms with Gasteiger partial charge in [-0.05, 0) is 32.6 Å². The van der Waals surface area contributed by atoms with Crippen LogP contribution in [-0.4, -0.2) is 73.3 Å². The normalized spacial score (nSPS) is 25.2. The average molecular weight is 457 g/mol. The molecule has 1 aromatic rings. The number of alkyl halides is 3. The molecule has 2 atom stereocenters. The van der Waals surface area contributed by atoms with E-state index in [1.165, 1.54) is 6.26 Å². The Bertz CT molecular complexity index is 829. The van der Waals surface area contributed by atoms with Gasteiger partial charge < -0.3 is 14.4 Å². The number of aliphatic carboxylic acids is 1. The first-order valence-corrected chi connectivity index (χ1v) is 11.2. The number of carboxylic acid groups (broad SMARTS) is 1. The lowest BCUT2D eigenvalue weighted by atomic mass is 9.90. The Morgan fingerprint density at radius 3 is 2.63 bits per heavy atom. The van der Waals surface area contributed by atoms with Crippen molar-refractivity contribution in [2.45, 2.75) is 57.0 Å². The summed E-state index contributed by atoms with van der Waals surface area (Å²) in [5, 5.41) is 11.2. The number of hydrogen-bond acceptors (Lipinski definition) is 7. The second-order valence-corrected chi connectivity index (χ2v) is 9.46. The summed E-state index contributed by atoms with van der Waals surface area (Å²) < 4.78 is 68.2. The lowest BCUT2D eigenvalue weighted by Gasteiger charge is -2.38. The van der Waals surface area contributed by atoms with Crippen LogP contribution in [0.25, 0.3) is 0 Å². The van der Waals surface area contributed by atoms with Crippen LogP contribution in [-0.2, 0) is 26.1 Å². The molecule has 3 heterocycles. The molecule has 0 aliphatic carbocycles. The van der Waals surface area contributed by atoms with E-state index in [2.05, 4.69) is 14.8 Å². The zero-order valence-electron chi connectivity index (χ0n) is 16.7. The van der Waals surface area contributed by atoms with E-state index in [9.17, 15) is 21.6 Å². The van der Waals surface area contributed by atoms with Gasteiger partial charge in [-0.2, -0.15) is 13.2 Å². The summed E-state index contributed by atoms with van der Waals surface area (Å²) in [6.45, 7) is 4.87. The summed E-state index contributed by atoms with van der Waals surface area (Å²) >= 11 is 0. The molecule has 2 aliphatic rings. The third-order valence-corrected chi connectivity index (χ3v) is 5.54. The first-order valence-electron chi connectivity index (χ1n) is 9.35. The molecule has 0 radical (unpaired) electrons. The number of likely N-dealkylation sites (tertiary alicyclic amines) is 1. The van der Waals surface area contributed by atoms with Crippen molar-refractivity contribution >= 4 is 16.0 Å². The Kier molecular flexibility index (Phi) is 7.88. The van der Waals surface area contributed by atoms with Gasteiger partial charge in [-0.3, -0.25) is 4.90 Å². The number of rotatable bonds is 5. The molecule has 2 fully saturated rings. The molecule has 172 valence electrons. The smallest absolute Gasteiger partial charge is 0.475 e. The Hall–Kier alpha value is -1.70. The maximum atomic E-state index is 11.3. The number of ether oxygens (including phenoxy) is 1. The van der Waals surface area contributed by atoms with Crippen molar-refractivity contribution in [3.05, 3.63) is 17.5 Å². The monoisotopic (exact) mass is 457 g/mol. The molecule has 2 N–H and O–H groups in total. The molecule has 1 aromatic heterocycles. The van der Waals surface area contributed by atoms with E-state index in [0.29, 0.717) is 6.54 Å². The molecule has 30 heavy (non-hydrogen) atoms. The van der Waals surface area contributed by atoms with E-state index >= 15 is 0 Å². The van der Waals surface area contributed by atoms with Crippen LogP contribution in [0.4, 0.5) is 13.2 Å². The molecule has 13 heteroatoms. The second-order valence-electron chi connectivity index (χ2n) is 7.63. The van der Waals surface area contributed by atoms with Gasteiger partial charge in [0.25, 0.3) is 0 Å². The van der Waals surface area contributed by atoms with Gasteiger partial charge >= 0.3 is 12.1 Å². The Morgan fingerprint density at radius 2 is 2.10 bits per heavy atom. The molecule has 9 nitrogen and oxygen atoms in total. The van der Waals surface area contributed by atoms with E-state index in [0.717, 1.165) is 56.8 Å². The lowest BCUT2D eigenvalue weighted by Crippen LogP contribution is -2.46. The highest BCUT2D eigenvalue weighted by Crippen LogP contribution is 2.37. The third kappa shape index (κ3) is 7.85. The van der Waals surface area contributed by atoms with Crippen molar-refractivity contribution in [2.75, 3.05) is 25.9 Å². The third-order valence-electron chi connectivity index (χ3n) is 4.85. The quantitative estimate of drug-likeness (QED) is 0.685. The summed E-state index contributed by atoms with van der Waals surface area (Å²) in [7, 11) is -3.17. The van der Waals surface area contributed by atoms with Crippen LogP contribution in [0, 0.1) is 6.92 Å². The minimum Gasteiger partial charge on any atom is -0.475 e. The predicted octanol–water partition coefficient (Wildman–Crippen LogP) is 1.68. The molecule has 3 rings (SSSR count). The van der Waals surface area contributed by atoms with Crippen LogP contribution in [0.5, 0.6) is 0 Å². The number of nitrogens with zero attached hydrogens (tertiary/aromatic N) is 2. The molecule has 0 saturated carbocycles. The van der Waals surface area contributed by atoms with Gasteiger partial charge in [-0.15, -0.1) is 0 Å². The minimum atomic E-state index is -5.08. The Morgan fingerprint density at radius 1 is 1.43 bits per heavy atom. The maximum Gasteiger partial charge on any atom is 0.490 e. The predicted molar refractivity (Wildman–Crippen MR) is 99.1 cm³/mol. The standard InChI is InChI=1S/C15H25N3O4S.C2HF3O2/c1-12-8-13(17-22-12)10-18-7-6-15(11-18)5-3-4-14(21-15)9-16-23(2,19)20;3-2(4,5)1(6)7/h8,14,16H,3-7,9-11H2,1-2H3;(H,6,7)/t14-,15+;/m0./s1. The van der Waals surface area contributed by atoms with Crippen LogP contribution >= 0.6 is 0 Å². The lowest BCUT2D eigenvalue weighted by molar-refractivity contribution is -0.192. The number of aromatic nitrogens is 1. The molecule has 1 spiro atoms. The molecule has 0 amide bonds. The van der Waals surface area contributed by atoms with Gasteiger partial charge in [0.05, 0.1) is 23.7 Å². The van der Waals surface area contributed by atoms with Crippen molar-refractivity contribution in [3.8, 4) is 0 Å². The summed E-state index contributed by atoms with van der Waals surface area (Å²) in [6, 6.07) is 1.96. The zero-order chi connectivity index (χ0) is 22.6. The number of carboxylic acids is 1. The molecule has 0 aromatic carbocycles. The SMILES string of the molecule is Cc1cc(CN2CC[C@]3(CCC[C@@H](CNS(C)(=O)=O)O3)C2)no1.O=C(O)C(F)(F)F. The van der Waals surface area contributed by atoms with Gasteiger partial charge in [0.2, 0.25) is 10.0 Å². The van der Waals surface area contributed by atoms with Crippen molar-refractivity contribution in [3.63, 3.8) is 0 Å². The van der Waals surface area contributed by atoms with Crippen molar-refractivity contribution in [1.82, 2.24) is 14.8 Å². The van der Waals surface area contributed by atoms with Crippen LogP contribution in [0.15, 0.2) is 10.6 Å². The van der Waals surface area contributed by atoms with Crippen molar-refractivity contribution < 1.29 is 40.8 Å². The van der Waals surface area contributed by atoms with E-state index < -0.39 is 22.2 Å². The number of nitrogens with one attached hydrogen (secondary N) is 1. The molecule has 0 unspecified atom stereocenters. The van der Waals surface area contributed by atoms with Crippen LogP contribution in [0.1, 0.15) is 37.1 Å². The fourth-order valence-corrected chi connectivity index (χ4v) is 4.08. The highest BCUT2D eigenvalue weighted by molar-refractivity contribution is 7.88. The molecule has 2 aliphatic heterocycles. The summed E-state index contributed by atoms with van der Waals surface area (Å²) in [5.74, 6) is -1.93. The van der Waals surface area contributed by atoms with E-state index in [4.69, 9.17) is 19.2 Å². The molecular weight excluding hydrogens is 431 g/mol. The maximum absolute atomic E-state index is 11.3. The number of aryl methyl sites for hydroxylation is 1. The highest BCUT2D eigenvalue weighted by Gasteiger charge is 2.43. The Labute approximate surface area is 172 Å². The van der Waals surface area contributed by atoms with Gasteiger partial charge in [-0.25, -0.2) is 17.9 Å². The van der Waals surface area contributed by atoms with Crippen LogP contribution in [0.3, 0.4) is 0 Å². The topological polar surface area (TPSA) is 122 Å². The van der Waals surface area contributed by atoms with Gasteiger partial charge in [0.15, 0.2) is 0 Å². The van der Waals surface area contributed by atoms with E-state index in [-0.39, 0.29) is 11.7 Å². The van der Waals surface area contributed by atoms with Gasteiger partial charge in [-0.1, -0.05) is 5.16 Å². The second kappa shape index (κ2) is 9.62. The van der Waals surface area contributed by atoms with E-state index in [1.807, 2.05) is 13.0 Å². The summed E-state index contributed by atoms with van der Waals surface area (Å²) in [6.07, 6.45) is 0.0751. The largest absolute Gasteiger partial charge is 0.490 e. The molecule has 2 saturated heterocycles. The Balaban J connectivity index is 0.000000396. The van der Waals surface area contributed by atoms with Crippen LogP contribution < -0.4 is 4.72 Å². The zero-order valence-corrected chi connectivity index (χ0v) is 17.6. The number of halogens is 3. The van der Waals surface area contributed by atoms with Gasteiger partial charge in [0, 0.05) is 32.2 Å². The first kappa shape index (κ1) is 24.6. The summed E-state index contributed by atoms with van der Waals surface area (Å²) in [5.41, 5.74) is 0.812.